The van der Waals surface area contributed by atoms with Crippen LogP contribution in [0.25, 0.3) is 10.9 Å². The fourth-order valence-electron chi connectivity index (χ4n) is 4.16. The Morgan fingerprint density at radius 1 is 1.29 bits per heavy atom. The standard InChI is InChI=1S/C19H25N3O2/c1-19(2,3)24-18(23)22-9-8-16-17(22)14(11-21-16)13-10-20-15-7-5-4-6-12(13)15/h4-7,10,14,16-17,20-21H,8-9,11H2,1-3H3/t14-,16-,17-/m1/s1. The topological polar surface area (TPSA) is 57.4 Å². The minimum absolute atomic E-state index is 0.166. The van der Waals surface area contributed by atoms with Crippen molar-refractivity contribution < 1.29 is 9.53 Å². The normalized spacial score (nSPS) is 26.8. The number of fused-ring (bicyclic) bond motifs is 2. The molecular formula is C19H25N3O2. The van der Waals surface area contributed by atoms with E-state index in [0.717, 1.165) is 25.0 Å². The maximum Gasteiger partial charge on any atom is 0.410 e. The van der Waals surface area contributed by atoms with E-state index in [2.05, 4.69) is 34.7 Å². The van der Waals surface area contributed by atoms with Gasteiger partial charge in [-0.15, -0.1) is 0 Å². The molecule has 2 aliphatic rings. The number of carbonyl (C=O) groups excluding carboxylic acids is 1. The molecule has 5 heteroatoms. The SMILES string of the molecule is CC(C)(C)OC(=O)N1CC[C@H]2NC[C@H](c3c[nH]c4ccccc34)[C@H]21. The van der Waals surface area contributed by atoms with Crippen molar-refractivity contribution in [2.45, 2.75) is 50.8 Å². The van der Waals surface area contributed by atoms with Crippen molar-refractivity contribution in [1.82, 2.24) is 15.2 Å². The Bertz CT molecular complexity index is 761. The van der Waals surface area contributed by atoms with E-state index in [0.29, 0.717) is 12.0 Å². The molecule has 0 aliphatic carbocycles. The summed E-state index contributed by atoms with van der Waals surface area (Å²) in [5.41, 5.74) is 1.98. The van der Waals surface area contributed by atoms with Crippen LogP contribution in [-0.4, -0.2) is 46.8 Å². The average Bonchev–Trinajstić information content (AvgIpc) is 3.18. The Labute approximate surface area is 142 Å². The number of benzene rings is 1. The smallest absolute Gasteiger partial charge is 0.410 e. The maximum atomic E-state index is 12.7. The highest BCUT2D eigenvalue weighted by molar-refractivity contribution is 5.84. The first-order valence-corrected chi connectivity index (χ1v) is 8.73. The van der Waals surface area contributed by atoms with E-state index in [1.54, 1.807) is 0 Å². The molecule has 1 aromatic carbocycles. The van der Waals surface area contributed by atoms with E-state index in [9.17, 15) is 4.79 Å². The highest BCUT2D eigenvalue weighted by Gasteiger charge is 2.48. The lowest BCUT2D eigenvalue weighted by Gasteiger charge is -2.31. The molecule has 0 bridgehead atoms. The van der Waals surface area contributed by atoms with E-state index in [4.69, 9.17) is 4.74 Å². The third-order valence-corrected chi connectivity index (χ3v) is 5.11. The van der Waals surface area contributed by atoms with Crippen LogP contribution in [0.5, 0.6) is 0 Å². The molecule has 2 aliphatic heterocycles. The summed E-state index contributed by atoms with van der Waals surface area (Å²) < 4.78 is 5.63. The number of hydrogen-bond acceptors (Lipinski definition) is 3. The molecule has 2 fully saturated rings. The van der Waals surface area contributed by atoms with Crippen molar-refractivity contribution in [3.8, 4) is 0 Å². The number of nitrogens with zero attached hydrogens (tertiary/aromatic N) is 1. The number of ether oxygens (including phenoxy) is 1. The van der Waals surface area contributed by atoms with Gasteiger partial charge in [0.1, 0.15) is 5.60 Å². The van der Waals surface area contributed by atoms with Gasteiger partial charge in [0.15, 0.2) is 0 Å². The molecule has 1 amide bonds. The van der Waals surface area contributed by atoms with Gasteiger partial charge in [0.2, 0.25) is 0 Å². The molecule has 2 saturated heterocycles. The lowest BCUT2D eigenvalue weighted by atomic mass is 9.91. The summed E-state index contributed by atoms with van der Waals surface area (Å²) in [6, 6.07) is 8.89. The predicted molar refractivity (Wildman–Crippen MR) is 94.2 cm³/mol. The van der Waals surface area contributed by atoms with Gasteiger partial charge in [-0.25, -0.2) is 4.79 Å². The lowest BCUT2D eigenvalue weighted by Crippen LogP contribution is -2.44. The Balaban J connectivity index is 1.64. The number of H-pyrrole nitrogens is 1. The van der Waals surface area contributed by atoms with Crippen LogP contribution in [0.2, 0.25) is 0 Å². The van der Waals surface area contributed by atoms with Crippen molar-refractivity contribution in [2.24, 2.45) is 0 Å². The third-order valence-electron chi connectivity index (χ3n) is 5.11. The van der Waals surface area contributed by atoms with Crippen LogP contribution in [0.1, 0.15) is 38.7 Å². The zero-order valence-corrected chi connectivity index (χ0v) is 14.5. The van der Waals surface area contributed by atoms with Crippen LogP contribution in [0, 0.1) is 0 Å². The second kappa shape index (κ2) is 5.52. The van der Waals surface area contributed by atoms with Crippen LogP contribution in [0.4, 0.5) is 4.79 Å². The third kappa shape index (κ3) is 2.57. The molecule has 0 saturated carbocycles. The van der Waals surface area contributed by atoms with Crippen LogP contribution in [0.15, 0.2) is 30.5 Å². The van der Waals surface area contributed by atoms with Gasteiger partial charge in [0.05, 0.1) is 6.04 Å². The number of rotatable bonds is 1. The first-order valence-electron chi connectivity index (χ1n) is 8.73. The molecule has 24 heavy (non-hydrogen) atoms. The number of nitrogens with one attached hydrogen (secondary N) is 2. The Morgan fingerprint density at radius 2 is 2.08 bits per heavy atom. The monoisotopic (exact) mass is 327 g/mol. The first kappa shape index (κ1) is 15.5. The number of aromatic nitrogens is 1. The van der Waals surface area contributed by atoms with Crippen LogP contribution in [-0.2, 0) is 4.74 Å². The molecule has 3 heterocycles. The number of carbonyl (C=O) groups is 1. The highest BCUT2D eigenvalue weighted by Crippen LogP contribution is 2.39. The quantitative estimate of drug-likeness (QED) is 0.845. The maximum absolute atomic E-state index is 12.7. The van der Waals surface area contributed by atoms with Crippen molar-refractivity contribution >= 4 is 17.0 Å². The van der Waals surface area contributed by atoms with Gasteiger partial charge in [-0.05, 0) is 38.8 Å². The molecule has 0 spiro atoms. The van der Waals surface area contributed by atoms with Crippen molar-refractivity contribution in [1.29, 1.82) is 0 Å². The van der Waals surface area contributed by atoms with Crippen molar-refractivity contribution in [3.63, 3.8) is 0 Å². The van der Waals surface area contributed by atoms with Gasteiger partial charge in [0, 0.05) is 42.1 Å². The Morgan fingerprint density at radius 3 is 2.88 bits per heavy atom. The number of amides is 1. The summed E-state index contributed by atoms with van der Waals surface area (Å²) in [4.78, 5) is 17.9. The molecule has 0 radical (unpaired) electrons. The largest absolute Gasteiger partial charge is 0.444 e. The summed E-state index contributed by atoms with van der Waals surface area (Å²) in [6.07, 6.45) is 2.90. The molecule has 2 N–H and O–H groups in total. The molecule has 4 rings (SSSR count). The Hall–Kier alpha value is -2.01. The zero-order chi connectivity index (χ0) is 16.9. The van der Waals surface area contributed by atoms with E-state index in [1.807, 2.05) is 31.7 Å². The fourth-order valence-corrected chi connectivity index (χ4v) is 4.16. The Kier molecular flexibility index (Phi) is 3.57. The zero-order valence-electron chi connectivity index (χ0n) is 14.5. The number of likely N-dealkylation sites (tertiary alicyclic amines) is 1. The summed E-state index contributed by atoms with van der Waals surface area (Å²) in [6.45, 7) is 7.42. The van der Waals surface area contributed by atoms with E-state index < -0.39 is 5.60 Å². The van der Waals surface area contributed by atoms with Gasteiger partial charge in [-0.3, -0.25) is 0 Å². The van der Waals surface area contributed by atoms with Crippen molar-refractivity contribution in [3.05, 3.63) is 36.0 Å². The van der Waals surface area contributed by atoms with E-state index in [1.165, 1.54) is 10.9 Å². The van der Waals surface area contributed by atoms with Gasteiger partial charge < -0.3 is 19.9 Å². The molecule has 128 valence electrons. The minimum atomic E-state index is -0.461. The predicted octanol–water partition coefficient (Wildman–Crippen LogP) is 3.23. The summed E-state index contributed by atoms with van der Waals surface area (Å²) in [5, 5.41) is 4.86. The second-order valence-corrected chi connectivity index (χ2v) is 7.86. The fraction of sp³-hybridized carbons (Fsp3) is 0.526. The summed E-state index contributed by atoms with van der Waals surface area (Å²) in [7, 11) is 0. The molecular weight excluding hydrogens is 302 g/mol. The summed E-state index contributed by atoms with van der Waals surface area (Å²) >= 11 is 0. The highest BCUT2D eigenvalue weighted by atomic mass is 16.6. The van der Waals surface area contributed by atoms with E-state index in [-0.39, 0.29) is 12.1 Å². The van der Waals surface area contributed by atoms with Gasteiger partial charge in [-0.1, -0.05) is 18.2 Å². The second-order valence-electron chi connectivity index (χ2n) is 7.86. The number of para-hydroxylation sites is 1. The van der Waals surface area contributed by atoms with Crippen LogP contribution in [0.3, 0.4) is 0 Å². The molecule has 1 aromatic heterocycles. The number of aromatic amines is 1. The van der Waals surface area contributed by atoms with Gasteiger partial charge in [0.25, 0.3) is 0 Å². The van der Waals surface area contributed by atoms with Gasteiger partial charge in [-0.2, -0.15) is 0 Å². The van der Waals surface area contributed by atoms with Crippen LogP contribution < -0.4 is 5.32 Å². The van der Waals surface area contributed by atoms with Gasteiger partial charge >= 0.3 is 6.09 Å². The molecule has 0 unspecified atom stereocenters. The van der Waals surface area contributed by atoms with Crippen LogP contribution >= 0.6 is 0 Å². The molecule has 2 aromatic rings. The minimum Gasteiger partial charge on any atom is -0.444 e. The first-order chi connectivity index (χ1) is 11.4. The lowest BCUT2D eigenvalue weighted by molar-refractivity contribution is 0.0215. The molecule has 3 atom stereocenters. The molecule has 5 nitrogen and oxygen atoms in total. The van der Waals surface area contributed by atoms with Crippen molar-refractivity contribution in [2.75, 3.05) is 13.1 Å². The summed E-state index contributed by atoms with van der Waals surface area (Å²) in [5.74, 6) is 0.293. The van der Waals surface area contributed by atoms with E-state index >= 15 is 0 Å². The number of hydrogen-bond donors (Lipinski definition) is 2. The average molecular weight is 327 g/mol.